The normalized spacial score (nSPS) is 17.5. The standard InChI is InChI=1S/C16H25NO2/c1-3-10-19-11-4-9-17-16-8-6-13-5-7-14(18-2)12-15(13)16/h5,7,12,16-17H,3-4,6,8-11H2,1-2H3. The molecule has 1 unspecified atom stereocenters. The Bertz CT molecular complexity index is 392. The van der Waals surface area contributed by atoms with E-state index in [0.29, 0.717) is 6.04 Å². The van der Waals surface area contributed by atoms with Gasteiger partial charge in [-0.15, -0.1) is 0 Å². The highest BCUT2D eigenvalue weighted by atomic mass is 16.5. The van der Waals surface area contributed by atoms with Crippen molar-refractivity contribution in [3.8, 4) is 5.75 Å². The number of aryl methyl sites for hydroxylation is 1. The summed E-state index contributed by atoms with van der Waals surface area (Å²) in [6.07, 6.45) is 4.54. The number of nitrogens with one attached hydrogen (secondary N) is 1. The Balaban J connectivity index is 1.78. The van der Waals surface area contributed by atoms with Crippen LogP contribution in [-0.4, -0.2) is 26.9 Å². The van der Waals surface area contributed by atoms with Crippen LogP contribution in [0.25, 0.3) is 0 Å². The SMILES string of the molecule is CCCOCCCNC1CCc2ccc(OC)cc21. The van der Waals surface area contributed by atoms with Crippen LogP contribution in [0.2, 0.25) is 0 Å². The maximum Gasteiger partial charge on any atom is 0.119 e. The molecule has 106 valence electrons. The van der Waals surface area contributed by atoms with Crippen LogP contribution < -0.4 is 10.1 Å². The van der Waals surface area contributed by atoms with Crippen LogP contribution in [0.4, 0.5) is 0 Å². The molecule has 0 aliphatic heterocycles. The van der Waals surface area contributed by atoms with E-state index in [9.17, 15) is 0 Å². The van der Waals surface area contributed by atoms with Gasteiger partial charge in [0.1, 0.15) is 5.75 Å². The first-order valence-electron chi connectivity index (χ1n) is 7.33. The van der Waals surface area contributed by atoms with Gasteiger partial charge in [0.2, 0.25) is 0 Å². The molecule has 0 saturated heterocycles. The second kappa shape index (κ2) is 7.51. The molecule has 1 aliphatic rings. The summed E-state index contributed by atoms with van der Waals surface area (Å²) >= 11 is 0. The molecule has 1 aliphatic carbocycles. The maximum atomic E-state index is 5.49. The third kappa shape index (κ3) is 3.95. The fourth-order valence-corrected chi connectivity index (χ4v) is 2.62. The summed E-state index contributed by atoms with van der Waals surface area (Å²) in [7, 11) is 1.73. The Kier molecular flexibility index (Phi) is 5.67. The van der Waals surface area contributed by atoms with Gasteiger partial charge in [0, 0.05) is 19.3 Å². The molecule has 1 N–H and O–H groups in total. The molecule has 3 nitrogen and oxygen atoms in total. The maximum absolute atomic E-state index is 5.49. The second-order valence-corrected chi connectivity index (χ2v) is 5.08. The van der Waals surface area contributed by atoms with Crippen LogP contribution in [0, 0.1) is 0 Å². The van der Waals surface area contributed by atoms with Crippen LogP contribution in [0.15, 0.2) is 18.2 Å². The molecule has 1 aromatic rings. The highest BCUT2D eigenvalue weighted by Crippen LogP contribution is 2.33. The summed E-state index contributed by atoms with van der Waals surface area (Å²) in [6.45, 7) is 4.90. The Labute approximate surface area is 116 Å². The summed E-state index contributed by atoms with van der Waals surface area (Å²) in [5.74, 6) is 0.957. The van der Waals surface area contributed by atoms with Crippen molar-refractivity contribution in [3.63, 3.8) is 0 Å². The van der Waals surface area contributed by atoms with E-state index in [1.165, 1.54) is 24.0 Å². The Morgan fingerprint density at radius 2 is 2.21 bits per heavy atom. The third-order valence-corrected chi connectivity index (χ3v) is 3.64. The van der Waals surface area contributed by atoms with Crippen molar-refractivity contribution in [1.82, 2.24) is 5.32 Å². The van der Waals surface area contributed by atoms with Gasteiger partial charge in [-0.3, -0.25) is 0 Å². The Morgan fingerprint density at radius 1 is 1.32 bits per heavy atom. The molecule has 0 fully saturated rings. The second-order valence-electron chi connectivity index (χ2n) is 5.08. The third-order valence-electron chi connectivity index (χ3n) is 3.64. The Morgan fingerprint density at radius 3 is 3.00 bits per heavy atom. The minimum atomic E-state index is 0.483. The van der Waals surface area contributed by atoms with Crippen molar-refractivity contribution in [2.45, 2.75) is 38.6 Å². The van der Waals surface area contributed by atoms with Crippen molar-refractivity contribution in [3.05, 3.63) is 29.3 Å². The fourth-order valence-electron chi connectivity index (χ4n) is 2.62. The van der Waals surface area contributed by atoms with E-state index in [1.807, 2.05) is 0 Å². The number of methoxy groups -OCH3 is 1. The predicted octanol–water partition coefficient (Wildman–Crippen LogP) is 3.09. The van der Waals surface area contributed by atoms with Gasteiger partial charge in [0.25, 0.3) is 0 Å². The van der Waals surface area contributed by atoms with Gasteiger partial charge >= 0.3 is 0 Å². The Hall–Kier alpha value is -1.06. The monoisotopic (exact) mass is 263 g/mol. The lowest BCUT2D eigenvalue weighted by molar-refractivity contribution is 0.131. The van der Waals surface area contributed by atoms with Crippen molar-refractivity contribution in [2.75, 3.05) is 26.9 Å². The lowest BCUT2D eigenvalue weighted by Crippen LogP contribution is -2.21. The van der Waals surface area contributed by atoms with E-state index >= 15 is 0 Å². The van der Waals surface area contributed by atoms with E-state index in [4.69, 9.17) is 9.47 Å². The summed E-state index contributed by atoms with van der Waals surface area (Å²) in [6, 6.07) is 6.91. The molecular formula is C16H25NO2. The van der Waals surface area contributed by atoms with Gasteiger partial charge in [-0.25, -0.2) is 0 Å². The molecule has 0 aromatic heterocycles. The number of benzene rings is 1. The van der Waals surface area contributed by atoms with Gasteiger partial charge in [0.05, 0.1) is 7.11 Å². The van der Waals surface area contributed by atoms with E-state index in [0.717, 1.165) is 38.3 Å². The molecule has 0 spiro atoms. The van der Waals surface area contributed by atoms with Crippen molar-refractivity contribution in [1.29, 1.82) is 0 Å². The fraction of sp³-hybridized carbons (Fsp3) is 0.625. The summed E-state index contributed by atoms with van der Waals surface area (Å²) < 4.78 is 10.8. The zero-order chi connectivity index (χ0) is 13.5. The lowest BCUT2D eigenvalue weighted by atomic mass is 10.1. The van der Waals surface area contributed by atoms with Crippen molar-refractivity contribution < 1.29 is 9.47 Å². The van der Waals surface area contributed by atoms with Gasteiger partial charge in [-0.05, 0) is 55.5 Å². The van der Waals surface area contributed by atoms with Gasteiger partial charge in [-0.2, -0.15) is 0 Å². The van der Waals surface area contributed by atoms with Crippen LogP contribution in [-0.2, 0) is 11.2 Å². The molecule has 0 radical (unpaired) electrons. The summed E-state index contributed by atoms with van der Waals surface area (Å²) in [5.41, 5.74) is 2.87. The highest BCUT2D eigenvalue weighted by molar-refractivity contribution is 5.40. The summed E-state index contributed by atoms with van der Waals surface area (Å²) in [5, 5.41) is 3.63. The molecule has 0 heterocycles. The number of ether oxygens (including phenoxy) is 2. The van der Waals surface area contributed by atoms with Crippen molar-refractivity contribution in [2.24, 2.45) is 0 Å². The first kappa shape index (κ1) is 14.4. The highest BCUT2D eigenvalue weighted by Gasteiger charge is 2.22. The van der Waals surface area contributed by atoms with E-state index in [2.05, 4.69) is 30.4 Å². The predicted molar refractivity (Wildman–Crippen MR) is 77.8 cm³/mol. The van der Waals surface area contributed by atoms with Gasteiger partial charge in [-0.1, -0.05) is 13.0 Å². The summed E-state index contributed by atoms with van der Waals surface area (Å²) in [4.78, 5) is 0. The van der Waals surface area contributed by atoms with Gasteiger partial charge < -0.3 is 14.8 Å². The smallest absolute Gasteiger partial charge is 0.119 e. The minimum absolute atomic E-state index is 0.483. The van der Waals surface area contributed by atoms with Gasteiger partial charge in [0.15, 0.2) is 0 Å². The van der Waals surface area contributed by atoms with Crippen LogP contribution in [0.3, 0.4) is 0 Å². The quantitative estimate of drug-likeness (QED) is 0.731. The molecule has 0 bridgehead atoms. The van der Waals surface area contributed by atoms with E-state index in [1.54, 1.807) is 7.11 Å². The number of hydrogen-bond donors (Lipinski definition) is 1. The first-order valence-corrected chi connectivity index (χ1v) is 7.33. The molecule has 2 rings (SSSR count). The molecular weight excluding hydrogens is 238 g/mol. The van der Waals surface area contributed by atoms with E-state index in [-0.39, 0.29) is 0 Å². The molecule has 19 heavy (non-hydrogen) atoms. The average Bonchev–Trinajstić information content (AvgIpc) is 2.85. The van der Waals surface area contributed by atoms with Crippen LogP contribution in [0.5, 0.6) is 5.75 Å². The lowest BCUT2D eigenvalue weighted by Gasteiger charge is -2.14. The average molecular weight is 263 g/mol. The van der Waals surface area contributed by atoms with Crippen molar-refractivity contribution >= 4 is 0 Å². The minimum Gasteiger partial charge on any atom is -0.497 e. The zero-order valence-corrected chi connectivity index (χ0v) is 12.1. The molecule has 1 aromatic carbocycles. The molecule has 3 heteroatoms. The number of rotatable bonds is 8. The van der Waals surface area contributed by atoms with Crippen LogP contribution >= 0.6 is 0 Å². The van der Waals surface area contributed by atoms with Crippen LogP contribution in [0.1, 0.15) is 43.4 Å². The zero-order valence-electron chi connectivity index (χ0n) is 12.1. The first-order chi connectivity index (χ1) is 9.35. The topological polar surface area (TPSA) is 30.5 Å². The largest absolute Gasteiger partial charge is 0.497 e. The molecule has 0 amide bonds. The number of fused-ring (bicyclic) bond motifs is 1. The van der Waals surface area contributed by atoms with E-state index < -0.39 is 0 Å². The number of hydrogen-bond acceptors (Lipinski definition) is 3. The molecule has 1 atom stereocenters. The molecule has 0 saturated carbocycles.